The summed E-state index contributed by atoms with van der Waals surface area (Å²) < 4.78 is 0. The van der Waals surface area contributed by atoms with Crippen LogP contribution < -0.4 is 11.5 Å². The molecule has 0 bridgehead atoms. The molecule has 0 saturated carbocycles. The maximum atomic E-state index is 10.3. The van der Waals surface area contributed by atoms with Crippen LogP contribution in [0.25, 0.3) is 0 Å². The van der Waals surface area contributed by atoms with Crippen LogP contribution in [0.2, 0.25) is 0 Å². The Balaban J connectivity index is 0.000000438. The van der Waals surface area contributed by atoms with Crippen molar-refractivity contribution in [3.8, 4) is 0 Å². The van der Waals surface area contributed by atoms with Gasteiger partial charge in [0.15, 0.2) is 0 Å². The van der Waals surface area contributed by atoms with E-state index in [1.54, 1.807) is 6.20 Å². The first-order chi connectivity index (χ1) is 10.9. The minimum absolute atomic E-state index is 0.109. The van der Waals surface area contributed by atoms with E-state index in [1.165, 1.54) is 10.8 Å². The topological polar surface area (TPSA) is 140 Å². The normalized spacial score (nSPS) is 11.3. The zero-order chi connectivity index (χ0) is 17.7. The van der Waals surface area contributed by atoms with E-state index >= 15 is 0 Å². The average molecular weight is 361 g/mol. The van der Waals surface area contributed by atoms with Gasteiger partial charge in [0, 0.05) is 17.5 Å². The van der Waals surface area contributed by atoms with E-state index in [-0.39, 0.29) is 6.42 Å². The van der Waals surface area contributed by atoms with E-state index in [4.69, 9.17) is 21.7 Å². The number of unbranched alkanes of at least 4 members (excludes halogenated alkanes) is 1. The smallest absolute Gasteiger partial charge is 0.320 e. The molecule has 0 aliphatic carbocycles. The standard InChI is InChI=1S/C8H9NO2S2.C6H14N2O2/c10-8(11)4-3-6-7(13-12)2-1-5-9-6;7-4-2-1-3-5(8)6(9)10/h1-2,5,12H,3-4H2,(H,10,11);5H,1-4,7-8H2,(H,9,10)/t;5-/m.0/s1. The van der Waals surface area contributed by atoms with Crippen molar-refractivity contribution >= 4 is 34.4 Å². The number of rotatable bonds is 9. The van der Waals surface area contributed by atoms with Gasteiger partial charge in [-0.3, -0.25) is 14.6 Å². The molecule has 6 N–H and O–H groups in total. The van der Waals surface area contributed by atoms with E-state index in [9.17, 15) is 9.59 Å². The van der Waals surface area contributed by atoms with Crippen molar-refractivity contribution in [3.63, 3.8) is 0 Å². The summed E-state index contributed by atoms with van der Waals surface area (Å²) in [7, 11) is 1.29. The van der Waals surface area contributed by atoms with Crippen LogP contribution in [0.15, 0.2) is 23.2 Å². The summed E-state index contributed by atoms with van der Waals surface area (Å²) in [5.41, 5.74) is 11.2. The first-order valence-corrected chi connectivity index (χ1v) is 8.94. The fourth-order valence-electron chi connectivity index (χ4n) is 1.55. The summed E-state index contributed by atoms with van der Waals surface area (Å²) in [6, 6.07) is 2.97. The maximum Gasteiger partial charge on any atom is 0.320 e. The van der Waals surface area contributed by atoms with Gasteiger partial charge in [0.2, 0.25) is 0 Å². The monoisotopic (exact) mass is 361 g/mol. The maximum absolute atomic E-state index is 10.3. The molecule has 1 aromatic heterocycles. The van der Waals surface area contributed by atoms with Crippen LogP contribution in [0.3, 0.4) is 0 Å². The summed E-state index contributed by atoms with van der Waals surface area (Å²) in [5.74, 6) is -1.74. The Bertz CT molecular complexity index is 489. The van der Waals surface area contributed by atoms with Crippen LogP contribution >= 0.6 is 22.5 Å². The fraction of sp³-hybridized carbons (Fsp3) is 0.500. The van der Waals surface area contributed by atoms with E-state index < -0.39 is 18.0 Å². The number of hydrogen-bond donors (Lipinski definition) is 5. The molecular weight excluding hydrogens is 338 g/mol. The third kappa shape index (κ3) is 11.0. The lowest BCUT2D eigenvalue weighted by Gasteiger charge is -2.03. The number of carboxylic acid groups (broad SMARTS) is 2. The Hall–Kier alpha value is -1.29. The van der Waals surface area contributed by atoms with Crippen molar-refractivity contribution in [2.24, 2.45) is 11.5 Å². The molecule has 1 aromatic rings. The quantitative estimate of drug-likeness (QED) is 0.254. The minimum atomic E-state index is -0.933. The van der Waals surface area contributed by atoms with E-state index in [1.807, 2.05) is 12.1 Å². The fourth-order valence-corrected chi connectivity index (χ4v) is 2.45. The number of aryl methyl sites for hydroxylation is 1. The van der Waals surface area contributed by atoms with Gasteiger partial charge in [0.25, 0.3) is 0 Å². The number of nitrogens with two attached hydrogens (primary N) is 2. The van der Waals surface area contributed by atoms with Gasteiger partial charge >= 0.3 is 11.9 Å². The molecule has 0 radical (unpaired) electrons. The van der Waals surface area contributed by atoms with Crippen LogP contribution in [-0.2, 0) is 16.0 Å². The van der Waals surface area contributed by atoms with E-state index in [0.29, 0.717) is 19.4 Å². The van der Waals surface area contributed by atoms with Crippen LogP contribution in [0.5, 0.6) is 0 Å². The molecule has 0 aliphatic rings. The molecule has 1 rings (SSSR count). The third-order valence-electron chi connectivity index (χ3n) is 2.81. The van der Waals surface area contributed by atoms with Gasteiger partial charge in [0.1, 0.15) is 6.04 Å². The Kier molecular flexibility index (Phi) is 12.4. The molecule has 0 spiro atoms. The first-order valence-electron chi connectivity index (χ1n) is 7.07. The lowest BCUT2D eigenvalue weighted by molar-refractivity contribution is -0.139. The molecule has 130 valence electrons. The van der Waals surface area contributed by atoms with Gasteiger partial charge in [-0.25, -0.2) is 0 Å². The van der Waals surface area contributed by atoms with Crippen LogP contribution in [0.4, 0.5) is 0 Å². The SMILES string of the molecule is NCCCC[C@H](N)C(=O)O.O=C(O)CCc1ncccc1SS. The summed E-state index contributed by atoms with van der Waals surface area (Å²) in [4.78, 5) is 25.5. The largest absolute Gasteiger partial charge is 0.481 e. The van der Waals surface area contributed by atoms with Gasteiger partial charge in [0.05, 0.1) is 12.1 Å². The van der Waals surface area contributed by atoms with E-state index in [0.717, 1.165) is 23.4 Å². The molecule has 23 heavy (non-hydrogen) atoms. The zero-order valence-electron chi connectivity index (χ0n) is 12.7. The molecule has 0 aromatic carbocycles. The van der Waals surface area contributed by atoms with Gasteiger partial charge in [-0.05, 0) is 31.5 Å². The van der Waals surface area contributed by atoms with Crippen molar-refractivity contribution in [1.29, 1.82) is 0 Å². The Morgan fingerprint density at radius 1 is 1.35 bits per heavy atom. The summed E-state index contributed by atoms with van der Waals surface area (Å²) in [6.07, 6.45) is 4.39. The predicted molar refractivity (Wildman–Crippen MR) is 93.6 cm³/mol. The molecule has 7 nitrogen and oxygen atoms in total. The molecule has 0 aliphatic heterocycles. The second-order valence-electron chi connectivity index (χ2n) is 4.66. The van der Waals surface area contributed by atoms with E-state index in [2.05, 4.69) is 16.6 Å². The summed E-state index contributed by atoms with van der Waals surface area (Å²) in [5, 5.41) is 16.8. The van der Waals surface area contributed by atoms with Crippen LogP contribution in [-0.4, -0.2) is 39.7 Å². The predicted octanol–water partition coefficient (Wildman–Crippen LogP) is 1.56. The molecule has 1 heterocycles. The highest BCUT2D eigenvalue weighted by molar-refractivity contribution is 8.68. The van der Waals surface area contributed by atoms with Crippen molar-refractivity contribution < 1.29 is 19.8 Å². The van der Waals surface area contributed by atoms with Crippen LogP contribution in [0.1, 0.15) is 31.4 Å². The van der Waals surface area contributed by atoms with Crippen molar-refractivity contribution in [2.45, 2.75) is 43.0 Å². The molecule has 9 heteroatoms. The number of aliphatic carboxylic acids is 2. The molecular formula is C14H23N3O4S2. The molecule has 0 saturated heterocycles. The number of pyridine rings is 1. The van der Waals surface area contributed by atoms with Gasteiger partial charge in [-0.2, -0.15) is 0 Å². The highest BCUT2D eigenvalue weighted by Crippen LogP contribution is 2.24. The number of carbonyl (C=O) groups is 2. The molecule has 0 unspecified atom stereocenters. The lowest BCUT2D eigenvalue weighted by Crippen LogP contribution is -2.29. The second-order valence-corrected chi connectivity index (χ2v) is 5.83. The first kappa shape index (κ1) is 21.7. The van der Waals surface area contributed by atoms with Gasteiger partial charge in [-0.1, -0.05) is 17.2 Å². The number of thiol groups is 1. The van der Waals surface area contributed by atoms with Crippen molar-refractivity contribution in [3.05, 3.63) is 24.0 Å². The molecule has 0 fully saturated rings. The van der Waals surface area contributed by atoms with Crippen molar-refractivity contribution in [1.82, 2.24) is 4.98 Å². The zero-order valence-corrected chi connectivity index (χ0v) is 14.4. The number of hydrogen-bond acceptors (Lipinski definition) is 7. The second kappa shape index (κ2) is 13.2. The molecule has 0 amide bonds. The minimum Gasteiger partial charge on any atom is -0.481 e. The average Bonchev–Trinajstić information content (AvgIpc) is 2.53. The van der Waals surface area contributed by atoms with Gasteiger partial charge in [-0.15, -0.1) is 11.7 Å². The van der Waals surface area contributed by atoms with Crippen molar-refractivity contribution in [2.75, 3.05) is 6.54 Å². The third-order valence-corrected chi connectivity index (χ3v) is 3.97. The summed E-state index contributed by atoms with van der Waals surface area (Å²) >= 11 is 4.05. The van der Waals surface area contributed by atoms with Crippen LogP contribution in [0, 0.1) is 0 Å². The lowest BCUT2D eigenvalue weighted by atomic mass is 10.1. The number of aromatic nitrogens is 1. The Labute approximate surface area is 144 Å². The van der Waals surface area contributed by atoms with Gasteiger partial charge < -0.3 is 21.7 Å². The molecule has 1 atom stereocenters. The Morgan fingerprint density at radius 2 is 2.04 bits per heavy atom. The highest BCUT2D eigenvalue weighted by atomic mass is 33.1. The Morgan fingerprint density at radius 3 is 2.57 bits per heavy atom. The summed E-state index contributed by atoms with van der Waals surface area (Å²) in [6.45, 7) is 0.604. The highest BCUT2D eigenvalue weighted by Gasteiger charge is 2.09. The number of carboxylic acids is 2. The number of nitrogens with zero attached hydrogens (tertiary/aromatic N) is 1.